The van der Waals surface area contributed by atoms with Crippen LogP contribution >= 0.6 is 0 Å². The van der Waals surface area contributed by atoms with Crippen molar-refractivity contribution in [2.24, 2.45) is 0 Å². The molecule has 0 heterocycles. The van der Waals surface area contributed by atoms with E-state index in [2.05, 4.69) is 10.6 Å². The van der Waals surface area contributed by atoms with Gasteiger partial charge < -0.3 is 10.6 Å². The SMILES string of the molecule is CNC(C)(C)C(=O)CNc1ccccc1. The lowest BCUT2D eigenvalue weighted by Crippen LogP contribution is -2.47. The number of anilines is 1. The van der Waals surface area contributed by atoms with E-state index in [4.69, 9.17) is 0 Å². The molecule has 0 radical (unpaired) electrons. The summed E-state index contributed by atoms with van der Waals surface area (Å²) in [6, 6.07) is 9.72. The minimum absolute atomic E-state index is 0.147. The smallest absolute Gasteiger partial charge is 0.171 e. The maximum absolute atomic E-state index is 11.7. The van der Waals surface area contributed by atoms with Crippen molar-refractivity contribution in [2.75, 3.05) is 18.9 Å². The predicted octanol–water partition coefficient (Wildman–Crippen LogP) is 1.67. The molecule has 0 bridgehead atoms. The summed E-state index contributed by atoms with van der Waals surface area (Å²) in [4.78, 5) is 11.7. The van der Waals surface area contributed by atoms with Crippen LogP contribution in [-0.4, -0.2) is 24.9 Å². The van der Waals surface area contributed by atoms with Crippen molar-refractivity contribution in [1.29, 1.82) is 0 Å². The van der Waals surface area contributed by atoms with Crippen molar-refractivity contribution in [3.05, 3.63) is 30.3 Å². The molecule has 0 aromatic heterocycles. The Bertz CT molecular complexity index is 320. The second-order valence-corrected chi connectivity index (χ2v) is 4.02. The monoisotopic (exact) mass is 206 g/mol. The van der Waals surface area contributed by atoms with Crippen LogP contribution in [0.15, 0.2) is 30.3 Å². The summed E-state index contributed by atoms with van der Waals surface area (Å²) in [5, 5.41) is 6.08. The summed E-state index contributed by atoms with van der Waals surface area (Å²) in [6.45, 7) is 4.10. The Kier molecular flexibility index (Phi) is 3.86. The van der Waals surface area contributed by atoms with E-state index in [1.54, 1.807) is 7.05 Å². The third-order valence-corrected chi connectivity index (χ3v) is 2.55. The number of nitrogens with one attached hydrogen (secondary N) is 2. The fourth-order valence-corrected chi connectivity index (χ4v) is 1.10. The zero-order valence-corrected chi connectivity index (χ0v) is 9.50. The number of likely N-dealkylation sites (N-methyl/N-ethyl adjacent to an activating group) is 1. The van der Waals surface area contributed by atoms with E-state index < -0.39 is 5.54 Å². The molecule has 3 nitrogen and oxygen atoms in total. The maximum atomic E-state index is 11.7. The number of Topliss-reactive ketones (excluding diaryl/α,β-unsaturated/α-hetero) is 1. The molecular formula is C12H18N2O. The third kappa shape index (κ3) is 3.36. The van der Waals surface area contributed by atoms with Crippen molar-refractivity contribution in [2.45, 2.75) is 19.4 Å². The number of benzene rings is 1. The third-order valence-electron chi connectivity index (χ3n) is 2.55. The molecule has 0 fully saturated rings. The van der Waals surface area contributed by atoms with E-state index in [1.807, 2.05) is 44.2 Å². The van der Waals surface area contributed by atoms with Crippen LogP contribution in [-0.2, 0) is 4.79 Å². The van der Waals surface area contributed by atoms with Gasteiger partial charge in [-0.15, -0.1) is 0 Å². The van der Waals surface area contributed by atoms with Gasteiger partial charge in [0.2, 0.25) is 0 Å². The summed E-state index contributed by atoms with van der Waals surface area (Å²) < 4.78 is 0. The van der Waals surface area contributed by atoms with Crippen LogP contribution in [0.25, 0.3) is 0 Å². The molecule has 0 saturated carbocycles. The van der Waals surface area contributed by atoms with Crippen LogP contribution in [0.1, 0.15) is 13.8 Å². The molecule has 0 atom stereocenters. The average Bonchev–Trinajstić information content (AvgIpc) is 2.27. The highest BCUT2D eigenvalue weighted by molar-refractivity contribution is 5.91. The molecule has 0 aliphatic rings. The van der Waals surface area contributed by atoms with Gasteiger partial charge in [0.05, 0.1) is 12.1 Å². The van der Waals surface area contributed by atoms with E-state index in [0.29, 0.717) is 6.54 Å². The molecule has 15 heavy (non-hydrogen) atoms. The van der Waals surface area contributed by atoms with Crippen LogP contribution in [0.4, 0.5) is 5.69 Å². The van der Waals surface area contributed by atoms with E-state index in [1.165, 1.54) is 0 Å². The Morgan fingerprint density at radius 3 is 2.40 bits per heavy atom. The zero-order chi connectivity index (χ0) is 11.3. The first-order valence-corrected chi connectivity index (χ1v) is 5.07. The molecule has 1 rings (SSSR count). The van der Waals surface area contributed by atoms with Gasteiger partial charge in [0.1, 0.15) is 0 Å². The first-order valence-electron chi connectivity index (χ1n) is 5.07. The molecule has 3 heteroatoms. The van der Waals surface area contributed by atoms with Gasteiger partial charge in [0, 0.05) is 5.69 Å². The van der Waals surface area contributed by atoms with Crippen LogP contribution in [0.5, 0.6) is 0 Å². The summed E-state index contributed by atoms with van der Waals surface area (Å²) in [6.07, 6.45) is 0. The first kappa shape index (κ1) is 11.7. The van der Waals surface area contributed by atoms with Gasteiger partial charge in [0.25, 0.3) is 0 Å². The number of para-hydroxylation sites is 1. The minimum Gasteiger partial charge on any atom is -0.378 e. The normalized spacial score (nSPS) is 11.1. The molecule has 0 aliphatic carbocycles. The molecule has 0 spiro atoms. The van der Waals surface area contributed by atoms with Crippen LogP contribution < -0.4 is 10.6 Å². The van der Waals surface area contributed by atoms with Crippen LogP contribution in [0.3, 0.4) is 0 Å². The Balaban J connectivity index is 2.48. The zero-order valence-electron chi connectivity index (χ0n) is 9.50. The van der Waals surface area contributed by atoms with Gasteiger partial charge in [-0.2, -0.15) is 0 Å². The first-order chi connectivity index (χ1) is 7.06. The van der Waals surface area contributed by atoms with E-state index in [0.717, 1.165) is 5.69 Å². The maximum Gasteiger partial charge on any atom is 0.171 e. The molecule has 0 aliphatic heterocycles. The average molecular weight is 206 g/mol. The Labute approximate surface area is 90.9 Å². The fourth-order valence-electron chi connectivity index (χ4n) is 1.10. The minimum atomic E-state index is -0.470. The summed E-state index contributed by atoms with van der Waals surface area (Å²) in [5.74, 6) is 0.147. The largest absolute Gasteiger partial charge is 0.378 e. The van der Waals surface area contributed by atoms with Gasteiger partial charge in [-0.25, -0.2) is 0 Å². The number of rotatable bonds is 5. The van der Waals surface area contributed by atoms with Gasteiger partial charge in [0.15, 0.2) is 5.78 Å². The second kappa shape index (κ2) is 4.94. The molecule has 1 aromatic carbocycles. The van der Waals surface area contributed by atoms with E-state index in [9.17, 15) is 4.79 Å². The van der Waals surface area contributed by atoms with Crippen LogP contribution in [0, 0.1) is 0 Å². The van der Waals surface area contributed by atoms with Crippen molar-refractivity contribution in [1.82, 2.24) is 5.32 Å². The lowest BCUT2D eigenvalue weighted by molar-refractivity contribution is -0.122. The van der Waals surface area contributed by atoms with E-state index >= 15 is 0 Å². The van der Waals surface area contributed by atoms with Gasteiger partial charge in [-0.3, -0.25) is 4.79 Å². The fraction of sp³-hybridized carbons (Fsp3) is 0.417. The topological polar surface area (TPSA) is 41.1 Å². The number of carbonyl (C=O) groups is 1. The van der Waals surface area contributed by atoms with Crippen molar-refractivity contribution < 1.29 is 4.79 Å². The summed E-state index contributed by atoms with van der Waals surface area (Å²) in [7, 11) is 1.79. The second-order valence-electron chi connectivity index (χ2n) is 4.02. The number of carbonyl (C=O) groups excluding carboxylic acids is 1. The molecule has 82 valence electrons. The Morgan fingerprint density at radius 1 is 1.27 bits per heavy atom. The molecule has 0 saturated heterocycles. The van der Waals surface area contributed by atoms with Crippen molar-refractivity contribution in [3.8, 4) is 0 Å². The molecule has 0 unspecified atom stereocenters. The van der Waals surface area contributed by atoms with E-state index in [-0.39, 0.29) is 5.78 Å². The van der Waals surface area contributed by atoms with Gasteiger partial charge >= 0.3 is 0 Å². The molecule has 0 amide bonds. The lowest BCUT2D eigenvalue weighted by atomic mass is 9.99. The summed E-state index contributed by atoms with van der Waals surface area (Å²) >= 11 is 0. The number of ketones is 1. The lowest BCUT2D eigenvalue weighted by Gasteiger charge is -2.22. The van der Waals surface area contributed by atoms with Gasteiger partial charge in [-0.05, 0) is 33.0 Å². The quantitative estimate of drug-likeness (QED) is 0.770. The molecular weight excluding hydrogens is 188 g/mol. The molecule has 2 N–H and O–H groups in total. The molecule has 1 aromatic rings. The Hall–Kier alpha value is -1.35. The van der Waals surface area contributed by atoms with Gasteiger partial charge in [-0.1, -0.05) is 18.2 Å². The standard InChI is InChI=1S/C12H18N2O/c1-12(2,13-3)11(15)9-14-10-7-5-4-6-8-10/h4-8,13-14H,9H2,1-3H3. The highest BCUT2D eigenvalue weighted by Crippen LogP contribution is 2.07. The number of hydrogen-bond acceptors (Lipinski definition) is 3. The highest BCUT2D eigenvalue weighted by Gasteiger charge is 2.24. The van der Waals surface area contributed by atoms with Crippen molar-refractivity contribution in [3.63, 3.8) is 0 Å². The number of hydrogen-bond donors (Lipinski definition) is 2. The van der Waals surface area contributed by atoms with Crippen molar-refractivity contribution >= 4 is 11.5 Å². The van der Waals surface area contributed by atoms with Crippen LogP contribution in [0.2, 0.25) is 0 Å². The Morgan fingerprint density at radius 2 is 1.87 bits per heavy atom. The highest BCUT2D eigenvalue weighted by atomic mass is 16.1. The predicted molar refractivity (Wildman–Crippen MR) is 63.1 cm³/mol. The summed E-state index contributed by atoms with van der Waals surface area (Å²) in [5.41, 5.74) is 0.500.